The Labute approximate surface area is 126 Å². The van der Waals surface area contributed by atoms with Crippen molar-refractivity contribution < 1.29 is 13.9 Å². The van der Waals surface area contributed by atoms with E-state index in [0.717, 1.165) is 6.07 Å². The van der Waals surface area contributed by atoms with Gasteiger partial charge in [0.1, 0.15) is 17.6 Å². The third-order valence-electron chi connectivity index (χ3n) is 2.95. The maximum absolute atomic E-state index is 14.3. The Bertz CT molecular complexity index is 748. The first-order valence-corrected chi connectivity index (χ1v) is 6.49. The van der Waals surface area contributed by atoms with Gasteiger partial charge in [-0.05, 0) is 19.1 Å². The van der Waals surface area contributed by atoms with Crippen LogP contribution in [0.1, 0.15) is 23.0 Å². The van der Waals surface area contributed by atoms with Gasteiger partial charge in [0.15, 0.2) is 5.69 Å². The lowest BCUT2D eigenvalue weighted by Crippen LogP contribution is -2.14. The van der Waals surface area contributed by atoms with Crippen LogP contribution in [-0.2, 0) is 4.74 Å². The van der Waals surface area contributed by atoms with Gasteiger partial charge < -0.3 is 9.64 Å². The molecule has 1 N–H and O–H groups in total. The van der Waals surface area contributed by atoms with Crippen molar-refractivity contribution in [2.45, 2.75) is 6.92 Å². The molecule has 0 atom stereocenters. The monoisotopic (exact) mass is 303 g/mol. The average Bonchev–Trinajstić information content (AvgIpc) is 2.96. The molecule has 22 heavy (non-hydrogen) atoms. The topological polar surface area (TPSA) is 94.9 Å². The first-order chi connectivity index (χ1) is 10.5. The van der Waals surface area contributed by atoms with Crippen molar-refractivity contribution in [1.82, 2.24) is 15.4 Å². The number of hydrogen-bond donors (Lipinski definition) is 1. The summed E-state index contributed by atoms with van der Waals surface area (Å²) in [7, 11) is 3.34. The smallest absolute Gasteiger partial charge is 0.361 e. The van der Waals surface area contributed by atoms with Gasteiger partial charge in [0, 0.05) is 14.1 Å². The molecule has 0 radical (unpaired) electrons. The van der Waals surface area contributed by atoms with Crippen LogP contribution in [0.3, 0.4) is 0 Å². The van der Waals surface area contributed by atoms with Gasteiger partial charge in [0.05, 0.1) is 23.4 Å². The van der Waals surface area contributed by atoms with E-state index in [4.69, 9.17) is 4.74 Å². The molecule has 0 unspecified atom stereocenters. The molecule has 8 heteroatoms. The number of H-pyrrole nitrogens is 1. The van der Waals surface area contributed by atoms with Crippen molar-refractivity contribution >= 4 is 11.7 Å². The van der Waals surface area contributed by atoms with Crippen LogP contribution in [0, 0.1) is 17.1 Å². The van der Waals surface area contributed by atoms with Crippen LogP contribution >= 0.6 is 0 Å². The third kappa shape index (κ3) is 2.61. The fraction of sp³-hybridized carbons (Fsp3) is 0.286. The van der Waals surface area contributed by atoms with Gasteiger partial charge in [-0.15, -0.1) is 5.10 Å². The van der Waals surface area contributed by atoms with Crippen LogP contribution in [0.5, 0.6) is 0 Å². The van der Waals surface area contributed by atoms with E-state index in [1.807, 2.05) is 6.07 Å². The lowest BCUT2D eigenvalue weighted by atomic mass is 10.0. The van der Waals surface area contributed by atoms with Crippen molar-refractivity contribution in [3.63, 3.8) is 0 Å². The van der Waals surface area contributed by atoms with Crippen LogP contribution in [0.4, 0.5) is 10.1 Å². The summed E-state index contributed by atoms with van der Waals surface area (Å²) in [5, 5.41) is 19.1. The number of esters is 1. The summed E-state index contributed by atoms with van der Waals surface area (Å²) in [6, 6.07) is 4.53. The summed E-state index contributed by atoms with van der Waals surface area (Å²) in [6.45, 7) is 1.81. The fourth-order valence-electron chi connectivity index (χ4n) is 2.09. The van der Waals surface area contributed by atoms with E-state index in [9.17, 15) is 14.4 Å². The largest absolute Gasteiger partial charge is 0.461 e. The molecule has 1 aromatic carbocycles. The van der Waals surface area contributed by atoms with E-state index in [0.29, 0.717) is 5.69 Å². The molecule has 0 spiro atoms. The van der Waals surface area contributed by atoms with Crippen molar-refractivity contribution in [3.05, 3.63) is 29.2 Å². The number of nitrogens with one attached hydrogen (secondary N) is 1. The molecule has 0 amide bonds. The van der Waals surface area contributed by atoms with E-state index < -0.39 is 11.8 Å². The molecule has 0 aliphatic rings. The third-order valence-corrected chi connectivity index (χ3v) is 2.95. The second-order valence-electron chi connectivity index (χ2n) is 4.57. The summed E-state index contributed by atoms with van der Waals surface area (Å²) in [4.78, 5) is 13.5. The predicted octanol–water partition coefficient (Wildman–Crippen LogP) is 1.73. The molecule has 0 saturated heterocycles. The summed E-state index contributed by atoms with van der Waals surface area (Å²) in [6.07, 6.45) is 0. The van der Waals surface area contributed by atoms with Crippen molar-refractivity contribution in [3.8, 4) is 17.3 Å². The van der Waals surface area contributed by atoms with Gasteiger partial charge >= 0.3 is 5.97 Å². The summed E-state index contributed by atoms with van der Waals surface area (Å²) >= 11 is 0. The Kier molecular flexibility index (Phi) is 4.36. The van der Waals surface area contributed by atoms with Gasteiger partial charge in [-0.1, -0.05) is 0 Å². The molecule has 1 aromatic heterocycles. The second-order valence-corrected chi connectivity index (χ2v) is 4.57. The van der Waals surface area contributed by atoms with E-state index >= 15 is 0 Å². The Balaban J connectivity index is 2.71. The van der Waals surface area contributed by atoms with Gasteiger partial charge in [-0.3, -0.25) is 0 Å². The normalized spacial score (nSPS) is 10.1. The second kappa shape index (κ2) is 6.22. The fourth-order valence-corrected chi connectivity index (χ4v) is 2.09. The molecule has 114 valence electrons. The molecule has 1 heterocycles. The molecule has 0 aliphatic carbocycles. The number of aromatic nitrogens is 3. The maximum atomic E-state index is 14.3. The molecule has 7 nitrogen and oxygen atoms in total. The summed E-state index contributed by atoms with van der Waals surface area (Å²) in [5.74, 6) is -1.32. The maximum Gasteiger partial charge on any atom is 0.361 e. The molecule has 2 aromatic rings. The number of nitriles is 1. The Hall–Kier alpha value is -2.95. The zero-order chi connectivity index (χ0) is 16.3. The van der Waals surface area contributed by atoms with Crippen molar-refractivity contribution in [1.29, 1.82) is 5.26 Å². The minimum absolute atomic E-state index is 0.0109. The van der Waals surface area contributed by atoms with E-state index in [1.54, 1.807) is 25.9 Å². The van der Waals surface area contributed by atoms with Crippen molar-refractivity contribution in [2.75, 3.05) is 25.6 Å². The highest BCUT2D eigenvalue weighted by Crippen LogP contribution is 2.35. The number of anilines is 1. The number of aromatic amines is 1. The Morgan fingerprint density at radius 1 is 1.45 bits per heavy atom. The zero-order valence-electron chi connectivity index (χ0n) is 12.3. The van der Waals surface area contributed by atoms with Crippen LogP contribution in [0.2, 0.25) is 0 Å². The number of nitrogens with zero attached hydrogens (tertiary/aromatic N) is 4. The highest BCUT2D eigenvalue weighted by molar-refractivity contribution is 5.96. The molecular formula is C14H14FN5O2. The average molecular weight is 303 g/mol. The number of benzene rings is 1. The van der Waals surface area contributed by atoms with Crippen LogP contribution < -0.4 is 4.90 Å². The first kappa shape index (κ1) is 15.4. The van der Waals surface area contributed by atoms with Gasteiger partial charge in [0.2, 0.25) is 0 Å². The standard InChI is InChI=1S/C14H14FN5O2/c1-4-22-14(21)12-11(17-19-18-12)10-9(15)6-5-8(7-16)13(10)20(2)3/h5-6H,4H2,1-3H3,(H,17,18,19). The summed E-state index contributed by atoms with van der Waals surface area (Å²) < 4.78 is 19.2. The van der Waals surface area contributed by atoms with E-state index in [-0.39, 0.29) is 29.1 Å². The van der Waals surface area contributed by atoms with E-state index in [1.165, 1.54) is 6.07 Å². The molecule has 2 rings (SSSR count). The number of rotatable bonds is 4. The number of halogens is 1. The highest BCUT2D eigenvalue weighted by Gasteiger charge is 2.26. The predicted molar refractivity (Wildman–Crippen MR) is 76.8 cm³/mol. The lowest BCUT2D eigenvalue weighted by molar-refractivity contribution is 0.0520. The number of carbonyl (C=O) groups excluding carboxylic acids is 1. The van der Waals surface area contributed by atoms with Crippen LogP contribution in [0.25, 0.3) is 11.3 Å². The SMILES string of the molecule is CCOC(=O)c1n[nH]nc1-c1c(F)ccc(C#N)c1N(C)C. The minimum Gasteiger partial charge on any atom is -0.461 e. The highest BCUT2D eigenvalue weighted by atomic mass is 19.1. The minimum atomic E-state index is -0.710. The first-order valence-electron chi connectivity index (χ1n) is 6.49. The molecule has 0 aliphatic heterocycles. The van der Waals surface area contributed by atoms with E-state index in [2.05, 4.69) is 15.4 Å². The van der Waals surface area contributed by atoms with Gasteiger partial charge in [0.25, 0.3) is 0 Å². The number of carbonyl (C=O) groups is 1. The van der Waals surface area contributed by atoms with Crippen LogP contribution in [0.15, 0.2) is 12.1 Å². The van der Waals surface area contributed by atoms with Crippen molar-refractivity contribution in [2.24, 2.45) is 0 Å². The summed E-state index contributed by atoms with van der Waals surface area (Å²) in [5.41, 5.74) is 0.498. The molecule has 0 saturated carbocycles. The van der Waals surface area contributed by atoms with Gasteiger partial charge in [-0.2, -0.15) is 15.6 Å². The molecular weight excluding hydrogens is 289 g/mol. The Morgan fingerprint density at radius 3 is 2.77 bits per heavy atom. The quantitative estimate of drug-likeness (QED) is 0.864. The van der Waals surface area contributed by atoms with Gasteiger partial charge in [-0.25, -0.2) is 9.18 Å². The molecule has 0 fully saturated rings. The van der Waals surface area contributed by atoms with Crippen LogP contribution in [-0.4, -0.2) is 42.1 Å². The number of ether oxygens (including phenoxy) is 1. The number of hydrogen-bond acceptors (Lipinski definition) is 6. The zero-order valence-corrected chi connectivity index (χ0v) is 12.3. The Morgan fingerprint density at radius 2 is 2.18 bits per heavy atom. The molecule has 0 bridgehead atoms. The lowest BCUT2D eigenvalue weighted by Gasteiger charge is -2.18.